The number of fused-ring (bicyclic) bond motifs is 1. The third-order valence-electron chi connectivity index (χ3n) is 11.8. The molecule has 0 spiro atoms. The Morgan fingerprint density at radius 2 is 1.67 bits per heavy atom. The second-order valence-electron chi connectivity index (χ2n) is 17.0. The zero-order valence-electron chi connectivity index (χ0n) is 32.8. The van der Waals surface area contributed by atoms with Crippen LogP contribution in [0, 0.1) is 17.2 Å². The number of hydrogen-bond donors (Lipinski definition) is 4. The van der Waals surface area contributed by atoms with Crippen molar-refractivity contribution in [3.63, 3.8) is 0 Å². The molecular weight excluding hydrogens is 758 g/mol. The number of hydrogen-bond acceptors (Lipinski definition) is 10. The van der Waals surface area contributed by atoms with Gasteiger partial charge in [0.2, 0.25) is 21.8 Å². The molecule has 0 bridgehead atoms. The largest absolute Gasteiger partial charge is 0.444 e. The third-order valence-corrected chi connectivity index (χ3v) is 13.6. The van der Waals surface area contributed by atoms with E-state index in [1.54, 1.807) is 35.2 Å². The van der Waals surface area contributed by atoms with Crippen LogP contribution in [0.3, 0.4) is 0 Å². The van der Waals surface area contributed by atoms with Gasteiger partial charge in [0.25, 0.3) is 11.8 Å². The van der Waals surface area contributed by atoms with Gasteiger partial charge in [0, 0.05) is 56.9 Å². The summed E-state index contributed by atoms with van der Waals surface area (Å²) in [7, 11) is -3.89. The highest BCUT2D eigenvalue weighted by Crippen LogP contribution is 2.47. The van der Waals surface area contributed by atoms with Gasteiger partial charge in [-0.05, 0) is 78.1 Å². The summed E-state index contributed by atoms with van der Waals surface area (Å²) in [6, 6.07) is 9.13. The first-order valence-electron chi connectivity index (χ1n) is 19.8. The van der Waals surface area contributed by atoms with Gasteiger partial charge in [-0.25, -0.2) is 17.6 Å². The lowest BCUT2D eigenvalue weighted by atomic mass is 9.85. The Hall–Kier alpha value is -4.77. The summed E-state index contributed by atoms with van der Waals surface area (Å²) in [6.07, 6.45) is -0.0117. The SMILES string of the molecule is CC[C@@H]1C[C@]1(NC(=O)[C@@H]1C[C@@H](OC(=O)N2Cc3ccc(F)cc3C2)CN1C(=O)[C@@H](Nc1ccc(C(=O)N2CCNCC2)cc1)C(C)(C)C)C(=O)NS(=O)(=O)C1CC1. The van der Waals surface area contributed by atoms with Gasteiger partial charge in [-0.2, -0.15) is 0 Å². The number of anilines is 1. The first kappa shape index (κ1) is 40.4. The summed E-state index contributed by atoms with van der Waals surface area (Å²) in [5.74, 6) is -2.73. The Morgan fingerprint density at radius 1 is 0.982 bits per heavy atom. The number of carbonyl (C=O) groups is 5. The van der Waals surface area contributed by atoms with Crippen molar-refractivity contribution < 1.29 is 41.5 Å². The normalized spacial score (nSPS) is 25.0. The van der Waals surface area contributed by atoms with Crippen LogP contribution >= 0.6 is 0 Å². The van der Waals surface area contributed by atoms with Crippen LogP contribution in [0.5, 0.6) is 0 Å². The molecule has 2 aromatic rings. The van der Waals surface area contributed by atoms with E-state index >= 15 is 0 Å². The number of sulfonamides is 1. The van der Waals surface area contributed by atoms with E-state index in [2.05, 4.69) is 20.7 Å². The van der Waals surface area contributed by atoms with Crippen LogP contribution in [0.2, 0.25) is 0 Å². The minimum atomic E-state index is -3.89. The Labute approximate surface area is 332 Å². The number of amides is 5. The number of carbonyl (C=O) groups excluding carboxylic acids is 5. The second-order valence-corrected chi connectivity index (χ2v) is 19.0. The van der Waals surface area contributed by atoms with Gasteiger partial charge >= 0.3 is 6.09 Å². The standard InChI is InChI=1S/C40H52FN7O8S/c1-5-27-20-40(27,37(52)45-57(54,55)31-12-13-31)44-34(49)32-19-30(56-38(53)47-21-25-6-9-28(41)18-26(25)22-47)23-48(32)36(51)33(39(2,3)4)43-29-10-7-24(8-11-29)35(50)46-16-14-42-15-17-46/h6-11,18,27,30-33,42-43H,5,12-17,19-23H2,1-4H3,(H,44,49)(H,45,52)/t27-,30-,32+,33-,40-/m1/s1. The summed E-state index contributed by atoms with van der Waals surface area (Å²) in [6.45, 7) is 10.3. The number of ether oxygens (including phenoxy) is 1. The molecule has 2 aliphatic carbocycles. The lowest BCUT2D eigenvalue weighted by Crippen LogP contribution is -2.58. The molecule has 2 saturated heterocycles. The monoisotopic (exact) mass is 809 g/mol. The van der Waals surface area contributed by atoms with E-state index in [0.29, 0.717) is 49.2 Å². The van der Waals surface area contributed by atoms with Gasteiger partial charge in [0.05, 0.1) is 11.8 Å². The maximum Gasteiger partial charge on any atom is 0.410 e. The molecule has 7 rings (SSSR count). The molecule has 308 valence electrons. The van der Waals surface area contributed by atoms with Gasteiger partial charge in [0.1, 0.15) is 29.5 Å². The van der Waals surface area contributed by atoms with Crippen LogP contribution in [-0.2, 0) is 42.2 Å². The number of nitrogens with one attached hydrogen (secondary N) is 4. The summed E-state index contributed by atoms with van der Waals surface area (Å²) in [5.41, 5.74) is 0.359. The average molecular weight is 810 g/mol. The predicted octanol–water partition coefficient (Wildman–Crippen LogP) is 2.71. The highest BCUT2D eigenvalue weighted by Gasteiger charge is 2.62. The van der Waals surface area contributed by atoms with E-state index in [-0.39, 0.29) is 44.3 Å². The first-order chi connectivity index (χ1) is 27.0. The molecule has 5 amide bonds. The smallest absolute Gasteiger partial charge is 0.410 e. The van der Waals surface area contributed by atoms with Gasteiger partial charge < -0.3 is 30.5 Å². The lowest BCUT2D eigenvalue weighted by molar-refractivity contribution is -0.141. The molecule has 15 nitrogen and oxygen atoms in total. The van der Waals surface area contributed by atoms with Gasteiger partial charge in [-0.1, -0.05) is 40.2 Å². The molecule has 3 aliphatic heterocycles. The van der Waals surface area contributed by atoms with Crippen LogP contribution in [0.15, 0.2) is 42.5 Å². The van der Waals surface area contributed by atoms with E-state index in [9.17, 15) is 36.8 Å². The van der Waals surface area contributed by atoms with Gasteiger partial charge in [0.15, 0.2) is 0 Å². The summed E-state index contributed by atoms with van der Waals surface area (Å²) in [4.78, 5) is 73.8. The Balaban J connectivity index is 1.11. The topological polar surface area (TPSA) is 187 Å². The molecule has 0 aromatic heterocycles. The van der Waals surface area contributed by atoms with Crippen LogP contribution in [-0.4, -0.2) is 115 Å². The van der Waals surface area contributed by atoms with Crippen molar-refractivity contribution in [2.45, 2.75) is 102 Å². The fraction of sp³-hybridized carbons (Fsp3) is 0.575. The minimum absolute atomic E-state index is 0.0761. The van der Waals surface area contributed by atoms with Crippen molar-refractivity contribution >= 4 is 45.4 Å². The van der Waals surface area contributed by atoms with Crippen molar-refractivity contribution in [3.05, 3.63) is 65.0 Å². The number of rotatable bonds is 11. The number of halogens is 1. The predicted molar refractivity (Wildman–Crippen MR) is 207 cm³/mol. The molecule has 57 heavy (non-hydrogen) atoms. The minimum Gasteiger partial charge on any atom is -0.444 e. The maximum atomic E-state index is 14.7. The van der Waals surface area contributed by atoms with E-state index in [1.807, 2.05) is 27.7 Å². The molecule has 5 atom stereocenters. The van der Waals surface area contributed by atoms with Crippen LogP contribution in [0.1, 0.15) is 81.3 Å². The number of nitrogens with zero attached hydrogens (tertiary/aromatic N) is 3. The molecule has 4 N–H and O–H groups in total. The van der Waals surface area contributed by atoms with Crippen LogP contribution in [0.25, 0.3) is 0 Å². The molecule has 3 heterocycles. The van der Waals surface area contributed by atoms with E-state index < -0.39 is 74.0 Å². The quantitative estimate of drug-likeness (QED) is 0.263. The number of likely N-dealkylation sites (tertiary alicyclic amines) is 1. The highest BCUT2D eigenvalue weighted by atomic mass is 32.2. The van der Waals surface area contributed by atoms with Crippen LogP contribution in [0.4, 0.5) is 14.9 Å². The van der Waals surface area contributed by atoms with Crippen molar-refractivity contribution in [3.8, 4) is 0 Å². The Bertz CT molecular complexity index is 2030. The van der Waals surface area contributed by atoms with Crippen molar-refractivity contribution in [1.29, 1.82) is 0 Å². The van der Waals surface area contributed by atoms with Crippen molar-refractivity contribution in [2.24, 2.45) is 11.3 Å². The van der Waals surface area contributed by atoms with Crippen molar-refractivity contribution in [1.82, 2.24) is 30.1 Å². The highest BCUT2D eigenvalue weighted by molar-refractivity contribution is 7.91. The second kappa shape index (κ2) is 15.5. The molecular formula is C40H52FN7O8S. The average Bonchev–Trinajstić information content (AvgIpc) is 4.07. The zero-order chi connectivity index (χ0) is 40.9. The van der Waals surface area contributed by atoms with E-state index in [1.165, 1.54) is 21.9 Å². The molecule has 2 aromatic carbocycles. The van der Waals surface area contributed by atoms with E-state index in [4.69, 9.17) is 4.74 Å². The lowest BCUT2D eigenvalue weighted by Gasteiger charge is -2.36. The third kappa shape index (κ3) is 8.59. The maximum absolute atomic E-state index is 14.7. The number of benzene rings is 2. The van der Waals surface area contributed by atoms with Crippen LogP contribution < -0.4 is 20.7 Å². The zero-order valence-corrected chi connectivity index (χ0v) is 33.6. The van der Waals surface area contributed by atoms with Gasteiger partial charge in [-0.15, -0.1) is 0 Å². The fourth-order valence-corrected chi connectivity index (χ4v) is 9.48. The summed E-state index contributed by atoms with van der Waals surface area (Å²) >= 11 is 0. The molecule has 17 heteroatoms. The number of piperazine rings is 1. The fourth-order valence-electron chi connectivity index (χ4n) is 8.12. The Kier molecular flexibility index (Phi) is 11.0. The van der Waals surface area contributed by atoms with Crippen molar-refractivity contribution in [2.75, 3.05) is 38.0 Å². The summed E-state index contributed by atoms with van der Waals surface area (Å²) in [5, 5.41) is 8.75. The molecule has 5 aliphatic rings. The Morgan fingerprint density at radius 3 is 2.30 bits per heavy atom. The molecule has 2 saturated carbocycles. The molecule has 0 unspecified atom stereocenters. The molecule has 0 radical (unpaired) electrons. The summed E-state index contributed by atoms with van der Waals surface area (Å²) < 4.78 is 47.5. The van der Waals surface area contributed by atoms with E-state index in [0.717, 1.165) is 18.7 Å². The molecule has 4 fully saturated rings. The first-order valence-corrected chi connectivity index (χ1v) is 21.3. The van der Waals surface area contributed by atoms with Gasteiger partial charge in [-0.3, -0.25) is 28.8 Å².